The zero-order valence-electron chi connectivity index (χ0n) is 17.5. The molecule has 1 N–H and O–H groups in total. The summed E-state index contributed by atoms with van der Waals surface area (Å²) in [5.41, 5.74) is 3.07. The number of hydrogen-bond acceptors (Lipinski definition) is 5. The highest BCUT2D eigenvalue weighted by molar-refractivity contribution is 6.31. The number of methoxy groups -OCH3 is 1. The van der Waals surface area contributed by atoms with Gasteiger partial charge in [0, 0.05) is 27.9 Å². The highest BCUT2D eigenvalue weighted by atomic mass is 35.5. The number of aromatic nitrogens is 4. The Morgan fingerprint density at radius 3 is 2.73 bits per heavy atom. The van der Waals surface area contributed by atoms with Crippen molar-refractivity contribution in [3.63, 3.8) is 0 Å². The zero-order valence-corrected chi connectivity index (χ0v) is 18.3. The third kappa shape index (κ3) is 4.12. The molecule has 30 heavy (non-hydrogen) atoms. The Kier molecular flexibility index (Phi) is 5.90. The lowest BCUT2D eigenvalue weighted by Gasteiger charge is -2.17. The number of nitrogens with zero attached hydrogens (tertiary/aromatic N) is 4. The fourth-order valence-electron chi connectivity index (χ4n) is 4.15. The molecule has 1 aromatic carbocycles. The second-order valence-electron chi connectivity index (χ2n) is 7.85. The molecule has 2 heterocycles. The van der Waals surface area contributed by atoms with Gasteiger partial charge in [-0.1, -0.05) is 30.9 Å². The first-order chi connectivity index (χ1) is 14.5. The van der Waals surface area contributed by atoms with Crippen molar-refractivity contribution >= 4 is 29.0 Å². The number of benzene rings is 1. The molecule has 0 saturated heterocycles. The van der Waals surface area contributed by atoms with Crippen molar-refractivity contribution in [2.24, 2.45) is 0 Å². The van der Waals surface area contributed by atoms with Gasteiger partial charge in [-0.05, 0) is 44.9 Å². The first kappa shape index (κ1) is 20.6. The number of nitrogens with one attached hydrogen (secondary N) is 1. The predicted molar refractivity (Wildman–Crippen MR) is 116 cm³/mol. The molecule has 7 nitrogen and oxygen atoms in total. The number of rotatable bonds is 5. The van der Waals surface area contributed by atoms with Gasteiger partial charge in [-0.15, -0.1) is 5.10 Å². The van der Waals surface area contributed by atoms with Crippen LogP contribution in [0.4, 0.5) is 5.69 Å². The fourth-order valence-corrected chi connectivity index (χ4v) is 4.32. The number of hydrogen-bond donors (Lipinski definition) is 1. The van der Waals surface area contributed by atoms with Crippen LogP contribution in [0.1, 0.15) is 60.8 Å². The minimum absolute atomic E-state index is 0.171. The lowest BCUT2D eigenvalue weighted by molar-refractivity contribution is -0.115. The minimum atomic E-state index is -0.171. The van der Waals surface area contributed by atoms with E-state index < -0.39 is 0 Å². The molecule has 1 saturated carbocycles. The normalized spacial score (nSPS) is 14.8. The van der Waals surface area contributed by atoms with E-state index in [0.717, 1.165) is 35.6 Å². The molecule has 1 aliphatic rings. The monoisotopic (exact) mass is 427 g/mol. The summed E-state index contributed by atoms with van der Waals surface area (Å²) in [5.74, 6) is 2.27. The molecule has 8 heteroatoms. The van der Waals surface area contributed by atoms with E-state index in [9.17, 15) is 4.79 Å². The molecule has 1 amide bonds. The van der Waals surface area contributed by atoms with Gasteiger partial charge in [-0.2, -0.15) is 4.98 Å². The quantitative estimate of drug-likeness (QED) is 0.641. The second-order valence-corrected chi connectivity index (χ2v) is 8.28. The SMILES string of the molecule is COc1ccc(Cl)cc1NC(=O)Cc1c(C)nc2nc(C3CCCCC3)nn2c1C. The third-order valence-corrected chi connectivity index (χ3v) is 6.04. The van der Waals surface area contributed by atoms with E-state index in [4.69, 9.17) is 21.4 Å². The van der Waals surface area contributed by atoms with Gasteiger partial charge in [0.1, 0.15) is 5.75 Å². The number of fused-ring (bicyclic) bond motifs is 1. The smallest absolute Gasteiger partial charge is 0.252 e. The summed E-state index contributed by atoms with van der Waals surface area (Å²) >= 11 is 6.06. The number of aryl methyl sites for hydroxylation is 2. The summed E-state index contributed by atoms with van der Waals surface area (Å²) in [6, 6.07) is 5.12. The van der Waals surface area contributed by atoms with E-state index >= 15 is 0 Å². The third-order valence-electron chi connectivity index (χ3n) is 5.81. The zero-order chi connectivity index (χ0) is 21.3. The highest BCUT2D eigenvalue weighted by Crippen LogP contribution is 2.31. The Balaban J connectivity index is 1.59. The summed E-state index contributed by atoms with van der Waals surface area (Å²) < 4.78 is 7.09. The summed E-state index contributed by atoms with van der Waals surface area (Å²) in [6.45, 7) is 3.87. The van der Waals surface area contributed by atoms with Crippen molar-refractivity contribution in [3.05, 3.63) is 46.0 Å². The van der Waals surface area contributed by atoms with Crippen LogP contribution >= 0.6 is 11.6 Å². The van der Waals surface area contributed by atoms with Crippen molar-refractivity contribution in [1.29, 1.82) is 0 Å². The highest BCUT2D eigenvalue weighted by Gasteiger charge is 2.22. The Morgan fingerprint density at radius 2 is 2.00 bits per heavy atom. The van der Waals surface area contributed by atoms with Gasteiger partial charge in [-0.3, -0.25) is 4.79 Å². The van der Waals surface area contributed by atoms with E-state index in [1.807, 2.05) is 13.8 Å². The van der Waals surface area contributed by atoms with Crippen LogP contribution in [0.3, 0.4) is 0 Å². The van der Waals surface area contributed by atoms with Crippen molar-refractivity contribution in [3.8, 4) is 5.75 Å². The van der Waals surface area contributed by atoms with Crippen LogP contribution < -0.4 is 10.1 Å². The van der Waals surface area contributed by atoms with Gasteiger partial charge in [-0.25, -0.2) is 9.50 Å². The summed E-state index contributed by atoms with van der Waals surface area (Å²) in [4.78, 5) is 22.1. The molecule has 0 unspecified atom stereocenters. The maximum absolute atomic E-state index is 12.8. The Bertz CT molecular complexity index is 1090. The molecule has 1 fully saturated rings. The molecule has 0 spiro atoms. The number of halogens is 1. The van der Waals surface area contributed by atoms with Gasteiger partial charge in [0.15, 0.2) is 5.82 Å². The molecular weight excluding hydrogens is 402 g/mol. The van der Waals surface area contributed by atoms with Gasteiger partial charge < -0.3 is 10.1 Å². The van der Waals surface area contributed by atoms with Gasteiger partial charge in [0.25, 0.3) is 5.78 Å². The topological polar surface area (TPSA) is 81.4 Å². The van der Waals surface area contributed by atoms with Crippen LogP contribution in [0.5, 0.6) is 5.75 Å². The number of amides is 1. The van der Waals surface area contributed by atoms with E-state index in [-0.39, 0.29) is 12.3 Å². The van der Waals surface area contributed by atoms with Crippen molar-refractivity contribution in [2.75, 3.05) is 12.4 Å². The molecule has 0 aliphatic heterocycles. The molecule has 3 aromatic rings. The molecule has 0 radical (unpaired) electrons. The number of ether oxygens (including phenoxy) is 1. The first-order valence-electron chi connectivity index (χ1n) is 10.3. The number of anilines is 1. The van der Waals surface area contributed by atoms with Crippen molar-refractivity contribution in [1.82, 2.24) is 19.6 Å². The number of carbonyl (C=O) groups excluding carboxylic acids is 1. The van der Waals surface area contributed by atoms with Crippen LogP contribution in [0.15, 0.2) is 18.2 Å². The average Bonchev–Trinajstić information content (AvgIpc) is 3.16. The maximum Gasteiger partial charge on any atom is 0.252 e. The first-order valence-corrected chi connectivity index (χ1v) is 10.7. The Morgan fingerprint density at radius 1 is 1.23 bits per heavy atom. The molecule has 0 atom stereocenters. The van der Waals surface area contributed by atoms with Crippen molar-refractivity contribution in [2.45, 2.75) is 58.3 Å². The molecular formula is C22H26ClN5O2. The largest absolute Gasteiger partial charge is 0.495 e. The average molecular weight is 428 g/mol. The second kappa shape index (κ2) is 8.60. The van der Waals surface area contributed by atoms with Gasteiger partial charge >= 0.3 is 0 Å². The lowest BCUT2D eigenvalue weighted by atomic mass is 9.89. The number of carbonyl (C=O) groups is 1. The standard InChI is InChI=1S/C22H26ClN5O2/c1-13-17(12-20(29)25-18-11-16(23)9-10-19(18)30-3)14(2)28-22(24-13)26-21(27-28)15-7-5-4-6-8-15/h9-11,15H,4-8,12H2,1-3H3,(H,25,29). The van der Waals surface area contributed by atoms with Crippen LogP contribution in [-0.2, 0) is 11.2 Å². The van der Waals surface area contributed by atoms with Crippen LogP contribution in [0.2, 0.25) is 5.02 Å². The lowest BCUT2D eigenvalue weighted by Crippen LogP contribution is -2.18. The molecule has 2 aromatic heterocycles. The van der Waals surface area contributed by atoms with Crippen LogP contribution in [0.25, 0.3) is 5.78 Å². The van der Waals surface area contributed by atoms with Gasteiger partial charge in [0.05, 0.1) is 19.2 Å². The summed E-state index contributed by atoms with van der Waals surface area (Å²) in [7, 11) is 1.56. The molecule has 4 rings (SSSR count). The fraction of sp³-hybridized carbons (Fsp3) is 0.455. The van der Waals surface area contributed by atoms with E-state index in [0.29, 0.717) is 28.2 Å². The van der Waals surface area contributed by atoms with Crippen LogP contribution in [-0.4, -0.2) is 32.6 Å². The minimum Gasteiger partial charge on any atom is -0.495 e. The maximum atomic E-state index is 12.8. The predicted octanol–water partition coefficient (Wildman–Crippen LogP) is 4.63. The van der Waals surface area contributed by atoms with E-state index in [1.54, 1.807) is 29.8 Å². The molecule has 1 aliphatic carbocycles. The van der Waals surface area contributed by atoms with Crippen LogP contribution in [0, 0.1) is 13.8 Å². The Hall–Kier alpha value is -2.67. The molecule has 0 bridgehead atoms. The summed E-state index contributed by atoms with van der Waals surface area (Å²) in [5, 5.41) is 8.16. The molecule has 158 valence electrons. The van der Waals surface area contributed by atoms with Gasteiger partial charge in [0.2, 0.25) is 5.91 Å². The van der Waals surface area contributed by atoms with E-state index in [2.05, 4.69) is 15.3 Å². The summed E-state index contributed by atoms with van der Waals surface area (Å²) in [6.07, 6.45) is 6.18. The van der Waals surface area contributed by atoms with Crippen molar-refractivity contribution < 1.29 is 9.53 Å². The van der Waals surface area contributed by atoms with E-state index in [1.165, 1.54) is 19.3 Å². The Labute approximate surface area is 180 Å².